The number of nitro benzene ring substituents is 1. The molecule has 0 spiro atoms. The van der Waals surface area contributed by atoms with E-state index in [1.165, 1.54) is 18.3 Å². The van der Waals surface area contributed by atoms with Crippen LogP contribution >= 0.6 is 23.2 Å². The molecule has 1 heterocycles. The third kappa shape index (κ3) is 5.34. The van der Waals surface area contributed by atoms with E-state index in [0.29, 0.717) is 27.1 Å². The summed E-state index contributed by atoms with van der Waals surface area (Å²) in [4.78, 5) is 22.4. The lowest BCUT2D eigenvalue weighted by Gasteiger charge is -2.07. The predicted octanol–water partition coefficient (Wildman–Crippen LogP) is 4.69. The van der Waals surface area contributed by atoms with Crippen LogP contribution in [-0.2, 0) is 4.79 Å². The van der Waals surface area contributed by atoms with Crippen LogP contribution in [0.2, 0.25) is 10.0 Å². The van der Waals surface area contributed by atoms with Gasteiger partial charge in [0.2, 0.25) is 0 Å². The molecule has 0 fully saturated rings. The van der Waals surface area contributed by atoms with Crippen molar-refractivity contribution in [3.63, 3.8) is 0 Å². The molecule has 8 nitrogen and oxygen atoms in total. The monoisotopic (exact) mass is 433 g/mol. The number of furan rings is 1. The second-order valence-electron chi connectivity index (χ2n) is 5.63. The molecule has 0 saturated heterocycles. The Labute approximate surface area is 174 Å². The van der Waals surface area contributed by atoms with Gasteiger partial charge in [0.15, 0.2) is 6.61 Å². The minimum atomic E-state index is -0.525. The molecule has 0 saturated carbocycles. The first kappa shape index (κ1) is 20.4. The van der Waals surface area contributed by atoms with Gasteiger partial charge in [-0.25, -0.2) is 5.43 Å². The van der Waals surface area contributed by atoms with E-state index in [-0.39, 0.29) is 18.0 Å². The predicted molar refractivity (Wildman–Crippen MR) is 108 cm³/mol. The number of nitro groups is 1. The number of carbonyl (C=O) groups is 1. The first-order valence-electron chi connectivity index (χ1n) is 8.17. The zero-order valence-electron chi connectivity index (χ0n) is 14.7. The van der Waals surface area contributed by atoms with Gasteiger partial charge in [-0.2, -0.15) is 5.10 Å². The summed E-state index contributed by atoms with van der Waals surface area (Å²) in [6.45, 7) is -0.322. The molecule has 1 amide bonds. The Kier molecular flexibility index (Phi) is 6.48. The van der Waals surface area contributed by atoms with Crippen molar-refractivity contribution in [2.24, 2.45) is 5.10 Å². The fraction of sp³-hybridized carbons (Fsp3) is 0.0526. The zero-order chi connectivity index (χ0) is 20.8. The number of amides is 1. The van der Waals surface area contributed by atoms with Gasteiger partial charge in [-0.05, 0) is 30.3 Å². The van der Waals surface area contributed by atoms with Gasteiger partial charge >= 0.3 is 0 Å². The zero-order valence-corrected chi connectivity index (χ0v) is 16.2. The number of benzene rings is 2. The number of rotatable bonds is 7. The number of nitrogens with one attached hydrogen (secondary N) is 1. The van der Waals surface area contributed by atoms with Crippen molar-refractivity contribution in [1.82, 2.24) is 5.43 Å². The molecule has 1 N–H and O–H groups in total. The van der Waals surface area contributed by atoms with Gasteiger partial charge in [0.25, 0.3) is 11.6 Å². The summed E-state index contributed by atoms with van der Waals surface area (Å²) in [5.74, 6) is 0.363. The lowest BCUT2D eigenvalue weighted by molar-refractivity contribution is -0.384. The van der Waals surface area contributed by atoms with E-state index in [1.54, 1.807) is 42.5 Å². The largest absolute Gasteiger partial charge is 0.482 e. The molecule has 29 heavy (non-hydrogen) atoms. The summed E-state index contributed by atoms with van der Waals surface area (Å²) in [5, 5.41) is 15.6. The fourth-order valence-corrected chi connectivity index (χ4v) is 2.67. The van der Waals surface area contributed by atoms with Gasteiger partial charge in [0, 0.05) is 17.2 Å². The van der Waals surface area contributed by atoms with Crippen LogP contribution < -0.4 is 10.2 Å². The third-order valence-electron chi connectivity index (χ3n) is 3.63. The highest BCUT2D eigenvalue weighted by atomic mass is 35.5. The van der Waals surface area contributed by atoms with Crippen LogP contribution in [0.15, 0.2) is 64.1 Å². The normalized spacial score (nSPS) is 10.8. The van der Waals surface area contributed by atoms with Gasteiger partial charge in [-0.15, -0.1) is 0 Å². The van der Waals surface area contributed by atoms with E-state index < -0.39 is 10.8 Å². The molecule has 2 aromatic carbocycles. The van der Waals surface area contributed by atoms with Crippen LogP contribution in [0.3, 0.4) is 0 Å². The number of hydrogen-bond donors (Lipinski definition) is 1. The first-order chi connectivity index (χ1) is 13.9. The lowest BCUT2D eigenvalue weighted by atomic mass is 10.1. The maximum atomic E-state index is 11.8. The fourth-order valence-electron chi connectivity index (χ4n) is 2.34. The van der Waals surface area contributed by atoms with Gasteiger partial charge < -0.3 is 9.15 Å². The molecular weight excluding hydrogens is 421 g/mol. The molecule has 0 atom stereocenters. The summed E-state index contributed by atoms with van der Waals surface area (Å²) in [6, 6.07) is 14.0. The number of nitrogens with zero attached hydrogens (tertiary/aromatic N) is 2. The highest BCUT2D eigenvalue weighted by molar-refractivity contribution is 6.34. The summed E-state index contributed by atoms with van der Waals surface area (Å²) in [7, 11) is 0. The first-order valence-corrected chi connectivity index (χ1v) is 8.93. The minimum Gasteiger partial charge on any atom is -0.482 e. The van der Waals surface area contributed by atoms with Crippen molar-refractivity contribution < 1.29 is 18.9 Å². The molecule has 3 rings (SSSR count). The Morgan fingerprint density at radius 1 is 1.21 bits per heavy atom. The van der Waals surface area contributed by atoms with E-state index in [4.69, 9.17) is 32.4 Å². The molecule has 0 bridgehead atoms. The van der Waals surface area contributed by atoms with Crippen LogP contribution in [-0.4, -0.2) is 23.7 Å². The summed E-state index contributed by atoms with van der Waals surface area (Å²) in [6.07, 6.45) is 1.27. The van der Waals surface area contributed by atoms with E-state index >= 15 is 0 Å². The Morgan fingerprint density at radius 2 is 2.00 bits per heavy atom. The number of carbonyl (C=O) groups excluding carboxylic acids is 1. The molecule has 1 aromatic heterocycles. The number of halogens is 2. The van der Waals surface area contributed by atoms with Crippen molar-refractivity contribution in [3.8, 4) is 17.1 Å². The highest BCUT2D eigenvalue weighted by Crippen LogP contribution is 2.30. The van der Waals surface area contributed by atoms with Crippen molar-refractivity contribution in [3.05, 3.63) is 80.5 Å². The van der Waals surface area contributed by atoms with Gasteiger partial charge in [0.05, 0.1) is 21.7 Å². The average molecular weight is 434 g/mol. The summed E-state index contributed by atoms with van der Waals surface area (Å²) < 4.78 is 10.8. The van der Waals surface area contributed by atoms with Crippen molar-refractivity contribution in [2.75, 3.05) is 6.61 Å². The van der Waals surface area contributed by atoms with Crippen LogP contribution in [0, 0.1) is 10.1 Å². The Hall–Kier alpha value is -3.36. The molecular formula is C19H13Cl2N3O5. The van der Waals surface area contributed by atoms with Gasteiger partial charge in [-0.3, -0.25) is 14.9 Å². The molecule has 3 aromatic rings. The van der Waals surface area contributed by atoms with E-state index in [9.17, 15) is 14.9 Å². The SMILES string of the molecule is O=C(COc1cc(Cl)ccc1Cl)N/N=C/c1ccc(-c2ccccc2[N+](=O)[O-])o1. The minimum absolute atomic E-state index is 0.0736. The molecule has 0 aliphatic rings. The smallest absolute Gasteiger partial charge is 0.280 e. The topological polar surface area (TPSA) is 107 Å². The van der Waals surface area contributed by atoms with Crippen LogP contribution in [0.4, 0.5) is 5.69 Å². The average Bonchev–Trinajstić information content (AvgIpc) is 3.17. The number of para-hydroxylation sites is 1. The molecule has 0 unspecified atom stereocenters. The maximum Gasteiger partial charge on any atom is 0.280 e. The Morgan fingerprint density at radius 3 is 2.79 bits per heavy atom. The second-order valence-corrected chi connectivity index (χ2v) is 6.48. The van der Waals surface area contributed by atoms with E-state index in [0.717, 1.165) is 0 Å². The lowest BCUT2D eigenvalue weighted by Crippen LogP contribution is -2.24. The number of hydrazone groups is 1. The molecule has 148 valence electrons. The van der Waals surface area contributed by atoms with E-state index in [1.807, 2.05) is 0 Å². The Balaban J connectivity index is 1.58. The highest BCUT2D eigenvalue weighted by Gasteiger charge is 2.16. The van der Waals surface area contributed by atoms with Crippen LogP contribution in [0.1, 0.15) is 5.76 Å². The maximum absolute atomic E-state index is 11.8. The van der Waals surface area contributed by atoms with Crippen molar-refractivity contribution in [1.29, 1.82) is 0 Å². The number of ether oxygens (including phenoxy) is 1. The summed E-state index contributed by atoms with van der Waals surface area (Å²) >= 11 is 11.8. The van der Waals surface area contributed by atoms with Crippen LogP contribution in [0.5, 0.6) is 5.75 Å². The standard InChI is InChI=1S/C19H13Cl2N3O5/c20-12-5-7-15(21)18(9-12)28-11-19(25)23-22-10-13-6-8-17(29-13)14-3-1-2-4-16(14)24(26)27/h1-10H,11H2,(H,23,25)/b22-10+. The quantitative estimate of drug-likeness (QED) is 0.330. The van der Waals surface area contributed by atoms with E-state index in [2.05, 4.69) is 10.5 Å². The molecule has 10 heteroatoms. The van der Waals surface area contributed by atoms with Crippen molar-refractivity contribution >= 4 is 41.0 Å². The van der Waals surface area contributed by atoms with Gasteiger partial charge in [0.1, 0.15) is 17.3 Å². The Bertz CT molecular complexity index is 1080. The van der Waals surface area contributed by atoms with Gasteiger partial charge in [-0.1, -0.05) is 35.3 Å². The molecule has 0 aliphatic carbocycles. The number of hydrogen-bond acceptors (Lipinski definition) is 6. The molecule has 0 radical (unpaired) electrons. The third-order valence-corrected chi connectivity index (χ3v) is 4.17. The molecule has 0 aliphatic heterocycles. The summed E-state index contributed by atoms with van der Waals surface area (Å²) in [5.41, 5.74) is 2.54. The van der Waals surface area contributed by atoms with Crippen LogP contribution in [0.25, 0.3) is 11.3 Å². The second kappa shape index (κ2) is 9.22. The van der Waals surface area contributed by atoms with Crippen molar-refractivity contribution in [2.45, 2.75) is 0 Å².